The Hall–Kier alpha value is -5.52. The summed E-state index contributed by atoms with van der Waals surface area (Å²) in [6, 6.07) is 14.2. The minimum Gasteiger partial charge on any atom is -0.343 e. The van der Waals surface area contributed by atoms with Crippen molar-refractivity contribution in [2.45, 2.75) is 40.8 Å². The van der Waals surface area contributed by atoms with E-state index in [4.69, 9.17) is 0 Å². The molecule has 46 heavy (non-hydrogen) atoms. The van der Waals surface area contributed by atoms with Crippen molar-refractivity contribution >= 4 is 33.2 Å². The third-order valence-electron chi connectivity index (χ3n) is 7.96. The Bertz CT molecular complexity index is 2150. The lowest BCUT2D eigenvalue weighted by atomic mass is 10.0. The van der Waals surface area contributed by atoms with Gasteiger partial charge in [-0.15, -0.1) is 0 Å². The summed E-state index contributed by atoms with van der Waals surface area (Å²) in [5.41, 5.74) is 5.29. The van der Waals surface area contributed by atoms with Crippen LogP contribution in [0.1, 0.15) is 33.4 Å². The van der Waals surface area contributed by atoms with Crippen molar-refractivity contribution in [3.63, 3.8) is 0 Å². The monoisotopic (exact) mass is 632 g/mol. The lowest BCUT2D eigenvalue weighted by Gasteiger charge is -2.09. The van der Waals surface area contributed by atoms with Gasteiger partial charge in [0.05, 0.1) is 9.85 Å². The van der Waals surface area contributed by atoms with Crippen molar-refractivity contribution in [3.05, 3.63) is 150 Å². The van der Waals surface area contributed by atoms with Crippen molar-refractivity contribution in [1.82, 2.24) is 9.13 Å². The van der Waals surface area contributed by atoms with Crippen LogP contribution < -0.4 is 0 Å². The molecule has 0 bridgehead atoms. The van der Waals surface area contributed by atoms with E-state index in [9.17, 15) is 37.8 Å². The average Bonchev–Trinajstić information content (AvgIpc) is 3.54. The number of aryl methyl sites for hydroxylation is 4. The van der Waals surface area contributed by atoms with Gasteiger partial charge >= 0.3 is 0 Å². The van der Waals surface area contributed by atoms with E-state index in [0.717, 1.165) is 40.0 Å². The molecule has 0 fully saturated rings. The molecule has 12 heteroatoms. The van der Waals surface area contributed by atoms with E-state index in [1.54, 1.807) is 64.4 Å². The van der Waals surface area contributed by atoms with Crippen molar-refractivity contribution in [2.24, 2.45) is 0 Å². The molecule has 0 unspecified atom stereocenters. The lowest BCUT2D eigenvalue weighted by Crippen LogP contribution is -2.01. The zero-order valence-electron chi connectivity index (χ0n) is 25.3. The normalized spacial score (nSPS) is 11.1. The molecule has 0 radical (unpaired) electrons. The van der Waals surface area contributed by atoms with Gasteiger partial charge in [-0.3, -0.25) is 20.2 Å². The topological polar surface area (TPSA) is 96.1 Å². The molecule has 0 aliphatic carbocycles. The van der Waals surface area contributed by atoms with Gasteiger partial charge in [-0.25, -0.2) is 17.6 Å². The van der Waals surface area contributed by atoms with E-state index in [1.165, 1.54) is 18.2 Å². The van der Waals surface area contributed by atoms with Crippen LogP contribution in [-0.4, -0.2) is 19.0 Å². The highest BCUT2D eigenvalue weighted by molar-refractivity contribution is 5.89. The second-order valence-electron chi connectivity index (χ2n) is 11.1. The molecular weight excluding hydrogens is 604 g/mol. The van der Waals surface area contributed by atoms with Gasteiger partial charge in [-0.2, -0.15) is 0 Å². The van der Waals surface area contributed by atoms with Crippen LogP contribution in [-0.2, 0) is 13.1 Å². The molecule has 236 valence electrons. The second-order valence-corrected chi connectivity index (χ2v) is 11.1. The van der Waals surface area contributed by atoms with Crippen molar-refractivity contribution in [3.8, 4) is 0 Å². The molecule has 0 N–H and O–H groups in total. The van der Waals surface area contributed by atoms with Gasteiger partial charge in [0.25, 0.3) is 11.4 Å². The quantitative estimate of drug-likeness (QED) is 0.104. The van der Waals surface area contributed by atoms with E-state index in [-0.39, 0.29) is 27.8 Å². The Labute approximate surface area is 260 Å². The molecule has 0 amide bonds. The number of fused-ring (bicyclic) bond motifs is 2. The number of halogens is 4. The maximum Gasteiger partial charge on any atom is 0.275 e. The first kappa shape index (κ1) is 31.9. The minimum atomic E-state index is -0.887. The molecule has 0 spiro atoms. The summed E-state index contributed by atoms with van der Waals surface area (Å²) in [4.78, 5) is 21.6. The highest BCUT2D eigenvalue weighted by atomic mass is 19.2. The SMILES string of the molecule is Cc1cc2c(ccn2Cc2cc(F)cc(F)c2)c(C)c1[N+](=O)[O-].Cc1cc2c(ccn2Cc2ccc(F)c(F)c2)c(C)c1[N+](=O)[O-]. The van der Waals surface area contributed by atoms with Gasteiger partial charge in [0.15, 0.2) is 11.6 Å². The summed E-state index contributed by atoms with van der Waals surface area (Å²) < 4.78 is 56.7. The van der Waals surface area contributed by atoms with Crippen LogP contribution >= 0.6 is 0 Å². The van der Waals surface area contributed by atoms with E-state index in [1.807, 2.05) is 9.13 Å². The largest absolute Gasteiger partial charge is 0.343 e. The number of nitro groups is 2. The number of aromatic nitrogens is 2. The molecule has 8 nitrogen and oxygen atoms in total. The summed E-state index contributed by atoms with van der Waals surface area (Å²) in [5, 5.41) is 23.9. The van der Waals surface area contributed by atoms with Crippen LogP contribution in [0.4, 0.5) is 28.9 Å². The average molecular weight is 633 g/mol. The maximum absolute atomic E-state index is 13.3. The summed E-state index contributed by atoms with van der Waals surface area (Å²) in [6.07, 6.45) is 3.56. The molecular formula is C34H28F4N4O4. The first-order valence-corrected chi connectivity index (χ1v) is 14.1. The molecule has 6 aromatic rings. The van der Waals surface area contributed by atoms with Gasteiger partial charge in [0.1, 0.15) is 11.6 Å². The van der Waals surface area contributed by atoms with Crippen molar-refractivity contribution < 1.29 is 27.4 Å². The Morgan fingerprint density at radius 2 is 1.04 bits per heavy atom. The lowest BCUT2D eigenvalue weighted by molar-refractivity contribution is -0.386. The number of benzene rings is 4. The highest BCUT2D eigenvalue weighted by Crippen LogP contribution is 2.33. The van der Waals surface area contributed by atoms with Crippen molar-refractivity contribution in [1.29, 1.82) is 0 Å². The van der Waals surface area contributed by atoms with E-state index >= 15 is 0 Å². The minimum absolute atomic E-state index is 0.104. The zero-order chi connectivity index (χ0) is 33.4. The highest BCUT2D eigenvalue weighted by Gasteiger charge is 2.20. The molecule has 2 aromatic heterocycles. The maximum atomic E-state index is 13.3. The van der Waals surface area contributed by atoms with E-state index in [2.05, 4.69) is 0 Å². The smallest absolute Gasteiger partial charge is 0.275 e. The van der Waals surface area contributed by atoms with E-state index in [0.29, 0.717) is 39.9 Å². The Balaban J connectivity index is 0.000000181. The molecule has 6 rings (SSSR count). The Morgan fingerprint density at radius 3 is 1.48 bits per heavy atom. The molecule has 0 atom stereocenters. The number of nitro benzene ring substituents is 2. The summed E-state index contributed by atoms with van der Waals surface area (Å²) in [6.45, 7) is 7.45. The number of hydrogen-bond acceptors (Lipinski definition) is 4. The van der Waals surface area contributed by atoms with Crippen LogP contribution in [0.5, 0.6) is 0 Å². The standard InChI is InChI=1S/2C17H14F2N2O2/c1-10-5-16-15(11(2)17(10)21(22)23)3-4-20(16)9-12-6-13(18)8-14(19)7-12;1-10-7-16-13(11(2)17(10)21(22)23)5-6-20(16)9-12-3-4-14(18)15(19)8-12/h2*3-8H,9H2,1-2H3. The fourth-order valence-electron chi connectivity index (χ4n) is 5.89. The first-order valence-electron chi connectivity index (χ1n) is 14.1. The van der Waals surface area contributed by atoms with Gasteiger partial charge in [0.2, 0.25) is 0 Å². The van der Waals surface area contributed by atoms with Gasteiger partial charge < -0.3 is 9.13 Å². The molecule has 4 aromatic carbocycles. The number of hydrogen-bond donors (Lipinski definition) is 0. The Kier molecular flexibility index (Phi) is 8.64. The third-order valence-corrected chi connectivity index (χ3v) is 7.96. The molecule has 2 heterocycles. The molecule has 0 saturated carbocycles. The number of rotatable bonds is 6. The van der Waals surface area contributed by atoms with Crippen molar-refractivity contribution in [2.75, 3.05) is 0 Å². The number of nitrogens with zero attached hydrogens (tertiary/aromatic N) is 4. The third kappa shape index (κ3) is 6.19. The summed E-state index contributed by atoms with van der Waals surface area (Å²) >= 11 is 0. The molecule has 0 aliphatic heterocycles. The van der Waals surface area contributed by atoms with Crippen LogP contribution in [0, 0.1) is 71.2 Å². The summed E-state index contributed by atoms with van der Waals surface area (Å²) in [5.74, 6) is -3.02. The molecule has 0 aliphatic rings. The summed E-state index contributed by atoms with van der Waals surface area (Å²) in [7, 11) is 0. The Morgan fingerprint density at radius 1 is 0.587 bits per heavy atom. The van der Waals surface area contributed by atoms with Gasteiger partial charge in [0, 0.05) is 75.6 Å². The first-order chi connectivity index (χ1) is 21.7. The predicted molar refractivity (Wildman–Crippen MR) is 167 cm³/mol. The van der Waals surface area contributed by atoms with Crippen LogP contribution in [0.2, 0.25) is 0 Å². The van der Waals surface area contributed by atoms with Crippen LogP contribution in [0.15, 0.2) is 73.1 Å². The zero-order valence-corrected chi connectivity index (χ0v) is 25.3. The van der Waals surface area contributed by atoms with Gasteiger partial charge in [-0.1, -0.05) is 6.07 Å². The van der Waals surface area contributed by atoms with Crippen LogP contribution in [0.3, 0.4) is 0 Å². The second kappa shape index (κ2) is 12.5. The fourth-order valence-corrected chi connectivity index (χ4v) is 5.89. The molecule has 0 saturated heterocycles. The van der Waals surface area contributed by atoms with Gasteiger partial charge in [-0.05, 0) is 87.4 Å². The fraction of sp³-hybridized carbons (Fsp3) is 0.176. The predicted octanol–water partition coefficient (Wildman–Crippen LogP) is 8.99. The van der Waals surface area contributed by atoms with E-state index < -0.39 is 23.3 Å². The van der Waals surface area contributed by atoms with Crippen LogP contribution in [0.25, 0.3) is 21.8 Å².